The molecule has 0 saturated carbocycles. The molecule has 0 unspecified atom stereocenters. The molecule has 0 aromatic heterocycles. The summed E-state index contributed by atoms with van der Waals surface area (Å²) < 4.78 is 5.14. The summed E-state index contributed by atoms with van der Waals surface area (Å²) in [5.74, 6) is -1.43. The topological polar surface area (TPSA) is 131 Å². The van der Waals surface area contributed by atoms with Crippen molar-refractivity contribution in [1.82, 2.24) is 0 Å². The van der Waals surface area contributed by atoms with E-state index in [1.165, 1.54) is 19.2 Å². The third-order valence-corrected chi connectivity index (χ3v) is 4.94. The number of ether oxygens (including phenoxy) is 1. The number of fused-ring (bicyclic) bond motifs is 2. The van der Waals surface area contributed by atoms with Crippen molar-refractivity contribution in [2.24, 2.45) is 0 Å². The summed E-state index contributed by atoms with van der Waals surface area (Å²) in [4.78, 5) is 35.0. The maximum Gasteiger partial charge on any atom is 0.310 e. The lowest BCUT2D eigenvalue weighted by Crippen LogP contribution is -2.15. The number of methoxy groups -OCH3 is 1. The number of aliphatic carboxylic acids is 1. The number of amides is 1. The summed E-state index contributed by atoms with van der Waals surface area (Å²) in [5.41, 5.74) is 3.20. The Kier molecular flexibility index (Phi) is 5.00. The molecule has 3 aromatic rings. The molecule has 0 radical (unpaired) electrons. The number of nitrogens with one attached hydrogen (secondary N) is 2. The molecule has 1 heterocycles. The summed E-state index contributed by atoms with van der Waals surface area (Å²) in [6, 6.07) is 14.8. The summed E-state index contributed by atoms with van der Waals surface area (Å²) in [6.07, 6.45) is -0.369. The van der Waals surface area contributed by atoms with Crippen LogP contribution >= 0.6 is 0 Å². The number of carbonyl (C=O) groups excluding carboxylic acids is 1. The van der Waals surface area contributed by atoms with E-state index in [2.05, 4.69) is 10.6 Å². The van der Waals surface area contributed by atoms with Gasteiger partial charge in [-0.05, 0) is 53.1 Å². The Balaban J connectivity index is 1.90. The smallest absolute Gasteiger partial charge is 0.310 e. The number of rotatable bonds is 5. The molecule has 4 rings (SSSR count). The molecule has 0 aliphatic carbocycles. The zero-order chi connectivity index (χ0) is 22.1. The third-order valence-electron chi connectivity index (χ3n) is 4.94. The molecular formula is C22H17N3O6. The van der Waals surface area contributed by atoms with Gasteiger partial charge in [0.15, 0.2) is 5.75 Å². The van der Waals surface area contributed by atoms with E-state index in [1.54, 1.807) is 36.4 Å². The molecule has 1 aliphatic rings. The first-order chi connectivity index (χ1) is 14.9. The first-order valence-corrected chi connectivity index (χ1v) is 9.26. The second-order valence-corrected chi connectivity index (χ2v) is 6.90. The van der Waals surface area contributed by atoms with Gasteiger partial charge in [0, 0.05) is 6.07 Å². The van der Waals surface area contributed by atoms with Crippen LogP contribution in [0.2, 0.25) is 0 Å². The summed E-state index contributed by atoms with van der Waals surface area (Å²) in [7, 11) is 1.34. The SMILES string of the molecule is COc1cc(-c2cc(CC(=O)O)c3c(c2)Nc2ccccc2NC3=O)ccc1[N+](=O)[O-]. The average molecular weight is 419 g/mol. The number of carbonyl (C=O) groups is 2. The van der Waals surface area contributed by atoms with E-state index in [1.807, 2.05) is 6.07 Å². The molecular weight excluding hydrogens is 402 g/mol. The van der Waals surface area contributed by atoms with Gasteiger partial charge in [0.2, 0.25) is 0 Å². The molecule has 9 nitrogen and oxygen atoms in total. The molecule has 0 fully saturated rings. The van der Waals surface area contributed by atoms with Crippen LogP contribution in [0, 0.1) is 10.1 Å². The first-order valence-electron chi connectivity index (χ1n) is 9.26. The van der Waals surface area contributed by atoms with E-state index in [4.69, 9.17) is 4.74 Å². The van der Waals surface area contributed by atoms with Gasteiger partial charge in [-0.3, -0.25) is 19.7 Å². The Morgan fingerprint density at radius 1 is 1.03 bits per heavy atom. The lowest BCUT2D eigenvalue weighted by atomic mass is 9.94. The maximum absolute atomic E-state index is 12.9. The predicted octanol–water partition coefficient (Wildman–Crippen LogP) is 4.21. The van der Waals surface area contributed by atoms with Crippen molar-refractivity contribution in [3.8, 4) is 16.9 Å². The van der Waals surface area contributed by atoms with Gasteiger partial charge >= 0.3 is 11.7 Å². The van der Waals surface area contributed by atoms with Crippen molar-refractivity contribution >= 4 is 34.6 Å². The highest BCUT2D eigenvalue weighted by Gasteiger charge is 2.25. The van der Waals surface area contributed by atoms with Gasteiger partial charge in [0.25, 0.3) is 5.91 Å². The Hall–Kier alpha value is -4.40. The normalized spacial score (nSPS) is 12.0. The predicted molar refractivity (Wildman–Crippen MR) is 114 cm³/mol. The quantitative estimate of drug-likeness (QED) is 0.417. The van der Waals surface area contributed by atoms with Crippen LogP contribution in [0.5, 0.6) is 5.75 Å². The number of anilines is 3. The monoisotopic (exact) mass is 419 g/mol. The zero-order valence-corrected chi connectivity index (χ0v) is 16.3. The minimum atomic E-state index is -1.09. The highest BCUT2D eigenvalue weighted by Crippen LogP contribution is 2.38. The number of carboxylic acids is 1. The molecule has 0 atom stereocenters. The largest absolute Gasteiger partial charge is 0.490 e. The average Bonchev–Trinajstić information content (AvgIpc) is 2.88. The van der Waals surface area contributed by atoms with Gasteiger partial charge in [-0.15, -0.1) is 0 Å². The highest BCUT2D eigenvalue weighted by molar-refractivity contribution is 6.14. The molecule has 9 heteroatoms. The summed E-state index contributed by atoms with van der Waals surface area (Å²) in [5, 5.41) is 26.6. The highest BCUT2D eigenvalue weighted by atomic mass is 16.6. The Bertz CT molecular complexity index is 1240. The lowest BCUT2D eigenvalue weighted by Gasteiger charge is -2.15. The van der Waals surface area contributed by atoms with E-state index >= 15 is 0 Å². The van der Waals surface area contributed by atoms with Crippen LogP contribution in [-0.4, -0.2) is 29.0 Å². The van der Waals surface area contributed by atoms with Crippen molar-refractivity contribution in [2.45, 2.75) is 6.42 Å². The number of hydrogen-bond donors (Lipinski definition) is 3. The van der Waals surface area contributed by atoms with Crippen LogP contribution in [0.15, 0.2) is 54.6 Å². The van der Waals surface area contributed by atoms with Gasteiger partial charge in [0.1, 0.15) is 0 Å². The van der Waals surface area contributed by atoms with Crippen molar-refractivity contribution in [3.05, 3.63) is 75.8 Å². The first kappa shape index (κ1) is 19.9. The van der Waals surface area contributed by atoms with E-state index in [9.17, 15) is 24.8 Å². The zero-order valence-electron chi connectivity index (χ0n) is 16.3. The number of nitro benzene ring substituents is 1. The molecule has 0 bridgehead atoms. The van der Waals surface area contributed by atoms with Crippen LogP contribution in [0.25, 0.3) is 11.1 Å². The van der Waals surface area contributed by atoms with Crippen molar-refractivity contribution in [1.29, 1.82) is 0 Å². The van der Waals surface area contributed by atoms with Gasteiger partial charge < -0.3 is 20.5 Å². The number of nitrogens with zero attached hydrogens (tertiary/aromatic N) is 1. The fraction of sp³-hybridized carbons (Fsp3) is 0.0909. The van der Waals surface area contributed by atoms with Crippen LogP contribution in [0.1, 0.15) is 15.9 Å². The molecule has 156 valence electrons. The second kappa shape index (κ2) is 7.79. The van der Waals surface area contributed by atoms with Crippen LogP contribution in [0.3, 0.4) is 0 Å². The van der Waals surface area contributed by atoms with Gasteiger partial charge in [-0.25, -0.2) is 0 Å². The minimum absolute atomic E-state index is 0.0771. The maximum atomic E-state index is 12.9. The molecule has 1 amide bonds. The molecule has 0 saturated heterocycles. The Morgan fingerprint density at radius 2 is 1.74 bits per heavy atom. The van der Waals surface area contributed by atoms with Crippen LogP contribution in [0.4, 0.5) is 22.7 Å². The second-order valence-electron chi connectivity index (χ2n) is 6.90. The van der Waals surface area contributed by atoms with Crippen molar-refractivity contribution in [2.75, 3.05) is 17.7 Å². The number of carboxylic acid groups (broad SMARTS) is 1. The Morgan fingerprint density at radius 3 is 2.39 bits per heavy atom. The summed E-state index contributed by atoms with van der Waals surface area (Å²) >= 11 is 0. The number of nitro groups is 1. The molecule has 3 N–H and O–H groups in total. The van der Waals surface area contributed by atoms with Gasteiger partial charge in [-0.1, -0.05) is 12.1 Å². The van der Waals surface area contributed by atoms with Crippen LogP contribution in [-0.2, 0) is 11.2 Å². The van der Waals surface area contributed by atoms with Crippen molar-refractivity contribution in [3.63, 3.8) is 0 Å². The molecule has 31 heavy (non-hydrogen) atoms. The van der Waals surface area contributed by atoms with E-state index in [-0.39, 0.29) is 23.4 Å². The number of hydrogen-bond acceptors (Lipinski definition) is 6. The number of para-hydroxylation sites is 2. The third kappa shape index (κ3) is 3.76. The van der Waals surface area contributed by atoms with E-state index < -0.39 is 16.8 Å². The van der Waals surface area contributed by atoms with Gasteiger partial charge in [-0.2, -0.15) is 0 Å². The van der Waals surface area contributed by atoms with E-state index in [0.29, 0.717) is 33.8 Å². The molecule has 0 spiro atoms. The Labute approximate surface area is 176 Å². The number of benzene rings is 3. The van der Waals surface area contributed by atoms with E-state index in [0.717, 1.165) is 0 Å². The summed E-state index contributed by atoms with van der Waals surface area (Å²) in [6.45, 7) is 0. The lowest BCUT2D eigenvalue weighted by molar-refractivity contribution is -0.385. The fourth-order valence-electron chi connectivity index (χ4n) is 3.58. The molecule has 3 aromatic carbocycles. The van der Waals surface area contributed by atoms with Gasteiger partial charge in [0.05, 0.1) is 41.1 Å². The fourth-order valence-corrected chi connectivity index (χ4v) is 3.58. The minimum Gasteiger partial charge on any atom is -0.490 e. The standard InChI is InChI=1S/C22H17N3O6/c1-31-19-10-12(6-7-18(19)25(29)30)13-8-14(11-20(26)27)21-17(9-13)23-15-4-2-3-5-16(15)24-22(21)28/h2-10,23H,11H2,1H3,(H,24,28)(H,26,27). The van der Waals surface area contributed by atoms with Crippen molar-refractivity contribution < 1.29 is 24.4 Å². The molecule has 1 aliphatic heterocycles. The van der Waals surface area contributed by atoms with Crippen LogP contribution < -0.4 is 15.4 Å².